The average molecular weight is 623 g/mol. The van der Waals surface area contributed by atoms with E-state index >= 15 is 0 Å². The molecule has 0 heterocycles. The van der Waals surface area contributed by atoms with Gasteiger partial charge in [0.2, 0.25) is 0 Å². The molecule has 240 valence electrons. The van der Waals surface area contributed by atoms with Gasteiger partial charge < -0.3 is 4.55 Å². The van der Waals surface area contributed by atoms with Gasteiger partial charge in [0.1, 0.15) is 10.1 Å². The van der Waals surface area contributed by atoms with Crippen molar-refractivity contribution in [2.75, 3.05) is 0 Å². The molecule has 0 saturated heterocycles. The molecule has 0 aliphatic rings. The van der Waals surface area contributed by atoms with Crippen LogP contribution in [0.15, 0.2) is 35.2 Å². The van der Waals surface area contributed by atoms with Gasteiger partial charge in [0.25, 0.3) is 0 Å². The van der Waals surface area contributed by atoms with E-state index in [1.165, 1.54) is 135 Å². The summed E-state index contributed by atoms with van der Waals surface area (Å²) in [5.74, 6) is 0. The summed E-state index contributed by atoms with van der Waals surface area (Å²) in [6.45, 7) is 4.53. The zero-order valence-corrected chi connectivity index (χ0v) is 31.2. The third-order valence-electron chi connectivity index (χ3n) is 8.99. The first-order chi connectivity index (χ1) is 20.5. The van der Waals surface area contributed by atoms with E-state index in [-0.39, 0.29) is 34.5 Å². The Hall–Kier alpha value is -0.390. The Balaban J connectivity index is 0.00000924. The fraction of sp³-hybridized carbons (Fsp3) is 0.737. The third-order valence-corrected chi connectivity index (χ3v) is 9.97. The topological polar surface area (TPSA) is 57.2 Å². The van der Waals surface area contributed by atoms with E-state index in [1.807, 2.05) is 24.3 Å². The minimum absolute atomic E-state index is 0. The first kappa shape index (κ1) is 40.6. The van der Waals surface area contributed by atoms with Crippen LogP contribution in [0.5, 0.6) is 0 Å². The summed E-state index contributed by atoms with van der Waals surface area (Å²) in [4.78, 5) is 0.0274. The first-order valence-electron chi connectivity index (χ1n) is 18.0. The van der Waals surface area contributed by atoms with Crippen molar-refractivity contribution in [3.63, 3.8) is 0 Å². The molecule has 3 nitrogen and oxygen atoms in total. The molecule has 2 aromatic carbocycles. The molecular weight excluding hydrogens is 559 g/mol. The van der Waals surface area contributed by atoms with Crippen LogP contribution in [0, 0.1) is 0 Å². The second-order valence-electron chi connectivity index (χ2n) is 12.8. The van der Waals surface area contributed by atoms with Crippen LogP contribution in [0.25, 0.3) is 10.8 Å². The number of unbranched alkanes of at least 4 members (excludes halogenated alkanes) is 22. The maximum Gasteiger partial charge on any atom is 1.00 e. The summed E-state index contributed by atoms with van der Waals surface area (Å²) in [6.07, 6.45) is 32.7. The van der Waals surface area contributed by atoms with Gasteiger partial charge in [-0.15, -0.1) is 0 Å². The quantitative estimate of drug-likeness (QED) is 0.0567. The summed E-state index contributed by atoms with van der Waals surface area (Å²) in [5.41, 5.74) is 1.84. The van der Waals surface area contributed by atoms with Gasteiger partial charge in [-0.05, 0) is 53.6 Å². The van der Waals surface area contributed by atoms with Crippen LogP contribution in [-0.4, -0.2) is 13.0 Å². The van der Waals surface area contributed by atoms with Crippen LogP contribution in [0.4, 0.5) is 0 Å². The SMILES string of the molecule is CCCCCCCCCCCCCCc1ccc2ccc(CCCCCCCCCCCCCC)c(S(=O)(=O)[O-])c2c1.[Na+]. The number of rotatable bonds is 27. The third kappa shape index (κ3) is 18.4. The molecule has 2 aromatic rings. The van der Waals surface area contributed by atoms with Crippen LogP contribution in [-0.2, 0) is 23.0 Å². The normalized spacial score (nSPS) is 11.7. The summed E-state index contributed by atoms with van der Waals surface area (Å²) in [5, 5.41) is 1.47. The largest absolute Gasteiger partial charge is 1.00 e. The van der Waals surface area contributed by atoms with E-state index in [2.05, 4.69) is 19.9 Å². The summed E-state index contributed by atoms with van der Waals surface area (Å²) in [7, 11) is -4.54. The summed E-state index contributed by atoms with van der Waals surface area (Å²) >= 11 is 0. The van der Waals surface area contributed by atoms with Gasteiger partial charge in [-0.2, -0.15) is 0 Å². The van der Waals surface area contributed by atoms with Crippen molar-refractivity contribution < 1.29 is 42.5 Å². The summed E-state index contributed by atoms with van der Waals surface area (Å²) < 4.78 is 37.2. The van der Waals surface area contributed by atoms with Gasteiger partial charge in [0.05, 0.1) is 4.90 Å². The molecule has 0 radical (unpaired) electrons. The van der Waals surface area contributed by atoms with Crippen molar-refractivity contribution in [3.05, 3.63) is 41.5 Å². The van der Waals surface area contributed by atoms with Crippen molar-refractivity contribution in [3.8, 4) is 0 Å². The summed E-state index contributed by atoms with van der Waals surface area (Å²) in [6, 6.07) is 9.94. The van der Waals surface area contributed by atoms with E-state index in [1.54, 1.807) is 0 Å². The number of benzene rings is 2. The molecule has 5 heteroatoms. The molecule has 0 N–H and O–H groups in total. The second kappa shape index (κ2) is 25.8. The molecule has 0 fully saturated rings. The van der Waals surface area contributed by atoms with Gasteiger partial charge >= 0.3 is 29.6 Å². The maximum atomic E-state index is 12.4. The molecule has 0 aromatic heterocycles. The molecule has 0 amide bonds. The number of fused-ring (bicyclic) bond motifs is 1. The van der Waals surface area contributed by atoms with Crippen LogP contribution < -0.4 is 29.6 Å². The molecule has 0 spiro atoms. The smallest absolute Gasteiger partial charge is 0.744 e. The Labute approximate surface area is 288 Å². The number of hydrogen-bond acceptors (Lipinski definition) is 3. The van der Waals surface area contributed by atoms with Gasteiger partial charge in [-0.1, -0.05) is 179 Å². The monoisotopic (exact) mass is 622 g/mol. The van der Waals surface area contributed by atoms with Crippen molar-refractivity contribution in [2.45, 2.75) is 186 Å². The molecule has 0 atom stereocenters. The Morgan fingerprint density at radius 1 is 0.512 bits per heavy atom. The van der Waals surface area contributed by atoms with E-state index in [0.717, 1.165) is 36.6 Å². The van der Waals surface area contributed by atoms with E-state index in [4.69, 9.17) is 0 Å². The number of hydrogen-bond donors (Lipinski definition) is 0. The molecule has 0 saturated carbocycles. The van der Waals surface area contributed by atoms with Crippen molar-refractivity contribution in [2.24, 2.45) is 0 Å². The minimum atomic E-state index is -4.54. The Morgan fingerprint density at radius 3 is 1.30 bits per heavy atom. The Kier molecular flexibility index (Phi) is 24.3. The van der Waals surface area contributed by atoms with E-state index < -0.39 is 10.1 Å². The zero-order valence-electron chi connectivity index (χ0n) is 28.4. The molecule has 2 rings (SSSR count). The van der Waals surface area contributed by atoms with Crippen LogP contribution in [0.1, 0.15) is 179 Å². The van der Waals surface area contributed by atoms with Gasteiger partial charge in [-0.25, -0.2) is 8.42 Å². The van der Waals surface area contributed by atoms with Crippen molar-refractivity contribution in [1.82, 2.24) is 0 Å². The first-order valence-corrected chi connectivity index (χ1v) is 19.4. The van der Waals surface area contributed by atoms with Gasteiger partial charge in [0, 0.05) is 0 Å². The van der Waals surface area contributed by atoms with E-state index in [0.29, 0.717) is 17.4 Å². The number of aryl methyl sites for hydroxylation is 2. The predicted octanol–water partition coefficient (Wildman–Crippen LogP) is 9.24. The van der Waals surface area contributed by atoms with Crippen LogP contribution >= 0.6 is 0 Å². The second-order valence-corrected chi connectivity index (χ2v) is 14.2. The molecule has 43 heavy (non-hydrogen) atoms. The van der Waals surface area contributed by atoms with Gasteiger partial charge in [0.15, 0.2) is 0 Å². The Bertz CT molecular complexity index is 1060. The fourth-order valence-corrected chi connectivity index (χ4v) is 7.30. The fourth-order valence-electron chi connectivity index (χ4n) is 6.36. The van der Waals surface area contributed by atoms with Crippen molar-refractivity contribution >= 4 is 20.9 Å². The molecule has 0 unspecified atom stereocenters. The zero-order chi connectivity index (χ0) is 30.3. The maximum absolute atomic E-state index is 12.4. The van der Waals surface area contributed by atoms with E-state index in [9.17, 15) is 13.0 Å². The molecule has 0 aliphatic heterocycles. The van der Waals surface area contributed by atoms with Crippen LogP contribution in [0.2, 0.25) is 0 Å². The standard InChI is InChI=1S/C38H64O3S.Na/c1-3-5-7-9-11-13-15-17-19-21-23-25-27-34-29-30-35-31-32-36(38(37(35)33-34)42(39,40)41)28-26-24-22-20-18-16-14-12-10-8-6-4-2;/h29-33H,3-28H2,1-2H3,(H,39,40,41);/q;+1/p-1. The Morgan fingerprint density at radius 2 is 0.884 bits per heavy atom. The minimum Gasteiger partial charge on any atom is -0.744 e. The average Bonchev–Trinajstić information content (AvgIpc) is 2.97. The molecule has 0 bridgehead atoms. The predicted molar refractivity (Wildman–Crippen MR) is 181 cm³/mol. The van der Waals surface area contributed by atoms with Gasteiger partial charge in [-0.3, -0.25) is 0 Å². The molecule has 0 aliphatic carbocycles. The molecular formula is C38H63NaO3S. The van der Waals surface area contributed by atoms with Crippen molar-refractivity contribution in [1.29, 1.82) is 0 Å². The van der Waals surface area contributed by atoms with Crippen LogP contribution in [0.3, 0.4) is 0 Å².